The zero-order chi connectivity index (χ0) is 19.4. The highest BCUT2D eigenvalue weighted by Crippen LogP contribution is 2.29. The summed E-state index contributed by atoms with van der Waals surface area (Å²) in [5.74, 6) is -1.36. The molecule has 2 N–H and O–H groups in total. The molecule has 2 amide bonds. The molecule has 144 valence electrons. The number of anilines is 2. The van der Waals surface area contributed by atoms with Crippen molar-refractivity contribution in [2.75, 3.05) is 44.4 Å². The maximum Gasteiger partial charge on any atom is 0.315 e. The molecule has 1 aliphatic rings. The summed E-state index contributed by atoms with van der Waals surface area (Å²) in [6, 6.07) is 6.46. The summed E-state index contributed by atoms with van der Waals surface area (Å²) in [5.41, 5.74) is 3.74. The molecule has 0 saturated heterocycles. The third-order valence-electron chi connectivity index (χ3n) is 4.78. The van der Waals surface area contributed by atoms with Gasteiger partial charge in [0.2, 0.25) is 0 Å². The molecule has 1 aromatic heterocycles. The molecule has 27 heavy (non-hydrogen) atoms. The number of fused-ring (bicyclic) bond motifs is 1. The van der Waals surface area contributed by atoms with Gasteiger partial charge in [-0.1, -0.05) is 12.1 Å². The summed E-state index contributed by atoms with van der Waals surface area (Å²) in [6.45, 7) is 1.43. The Morgan fingerprint density at radius 2 is 2.15 bits per heavy atom. The molecular weight excluding hydrogens is 362 g/mol. The van der Waals surface area contributed by atoms with E-state index in [4.69, 9.17) is 0 Å². The third-order valence-corrected chi connectivity index (χ3v) is 5.47. The highest BCUT2D eigenvalue weighted by Gasteiger charge is 2.21. The van der Waals surface area contributed by atoms with Crippen molar-refractivity contribution in [3.63, 3.8) is 0 Å². The van der Waals surface area contributed by atoms with Crippen LogP contribution in [0.3, 0.4) is 0 Å². The first-order chi connectivity index (χ1) is 13.0. The van der Waals surface area contributed by atoms with Crippen molar-refractivity contribution < 1.29 is 9.59 Å². The van der Waals surface area contributed by atoms with Gasteiger partial charge in [0.25, 0.3) is 0 Å². The molecule has 1 aromatic carbocycles. The number of nitrogens with one attached hydrogen (secondary N) is 2. The largest absolute Gasteiger partial charge is 0.374 e. The van der Waals surface area contributed by atoms with Gasteiger partial charge in [0.15, 0.2) is 5.13 Å². The number of hydrogen-bond donors (Lipinski definition) is 2. The van der Waals surface area contributed by atoms with Gasteiger partial charge in [0.05, 0.1) is 6.04 Å². The Hall–Kier alpha value is -2.45. The molecule has 0 bridgehead atoms. The molecule has 0 unspecified atom stereocenters. The van der Waals surface area contributed by atoms with Gasteiger partial charge in [-0.2, -0.15) is 0 Å². The molecule has 8 heteroatoms. The van der Waals surface area contributed by atoms with Crippen LogP contribution in [0.15, 0.2) is 29.8 Å². The van der Waals surface area contributed by atoms with Gasteiger partial charge in [-0.15, -0.1) is 11.3 Å². The first kappa shape index (κ1) is 19.3. The Labute approximate surface area is 163 Å². The number of hydrogen-bond acceptors (Lipinski definition) is 6. The minimum Gasteiger partial charge on any atom is -0.374 e. The molecule has 2 heterocycles. The lowest BCUT2D eigenvalue weighted by Gasteiger charge is -2.30. The predicted octanol–water partition coefficient (Wildman–Crippen LogP) is 1.88. The van der Waals surface area contributed by atoms with Gasteiger partial charge in [0.1, 0.15) is 0 Å². The van der Waals surface area contributed by atoms with E-state index in [0.717, 1.165) is 24.9 Å². The van der Waals surface area contributed by atoms with Crippen molar-refractivity contribution in [1.82, 2.24) is 15.2 Å². The number of nitrogens with zero attached hydrogens (tertiary/aromatic N) is 3. The van der Waals surface area contributed by atoms with Crippen LogP contribution in [-0.2, 0) is 16.0 Å². The number of thiazole rings is 1. The van der Waals surface area contributed by atoms with Crippen molar-refractivity contribution in [2.24, 2.45) is 0 Å². The molecule has 7 nitrogen and oxygen atoms in total. The summed E-state index contributed by atoms with van der Waals surface area (Å²) < 4.78 is 0. The van der Waals surface area contributed by atoms with Gasteiger partial charge < -0.3 is 15.1 Å². The molecule has 0 saturated carbocycles. The number of rotatable bonds is 5. The Balaban J connectivity index is 1.66. The Morgan fingerprint density at radius 1 is 1.33 bits per heavy atom. The average molecular weight is 388 g/mol. The van der Waals surface area contributed by atoms with E-state index < -0.39 is 11.8 Å². The second-order valence-electron chi connectivity index (χ2n) is 6.89. The van der Waals surface area contributed by atoms with Crippen molar-refractivity contribution in [3.05, 3.63) is 40.9 Å². The minimum absolute atomic E-state index is 0.0147. The fourth-order valence-electron chi connectivity index (χ4n) is 3.32. The first-order valence-corrected chi connectivity index (χ1v) is 9.82. The average Bonchev–Trinajstić information content (AvgIpc) is 3.14. The smallest absolute Gasteiger partial charge is 0.315 e. The molecule has 3 rings (SSSR count). The molecule has 0 radical (unpaired) electrons. The van der Waals surface area contributed by atoms with Crippen molar-refractivity contribution >= 4 is 34.0 Å². The van der Waals surface area contributed by atoms with Gasteiger partial charge in [-0.3, -0.25) is 14.9 Å². The molecule has 2 aromatic rings. The number of aromatic nitrogens is 1. The zero-order valence-electron chi connectivity index (χ0n) is 15.9. The number of carbonyl (C=O) groups excluding carboxylic acids is 2. The maximum absolute atomic E-state index is 12.1. The maximum atomic E-state index is 12.1. The van der Waals surface area contributed by atoms with E-state index in [1.165, 1.54) is 22.6 Å². The second-order valence-corrected chi connectivity index (χ2v) is 7.79. The molecule has 1 atom stereocenters. The standard InChI is InChI=1S/C19H25N5O2S/c1-23(2)16(12-21-17(25)18(26)22-19-20-8-10-27-19)14-6-7-15-13(11-14)5-4-9-24(15)3/h6-8,10-11,16H,4-5,9,12H2,1-3H3,(H,21,25)(H,20,22,26)/t16-/m0/s1. The van der Waals surface area contributed by atoms with Crippen LogP contribution in [0.2, 0.25) is 0 Å². The normalized spacial score (nSPS) is 14.6. The van der Waals surface area contributed by atoms with Crippen LogP contribution in [-0.4, -0.2) is 55.9 Å². The monoisotopic (exact) mass is 387 g/mol. The van der Waals surface area contributed by atoms with Crippen LogP contribution in [0.5, 0.6) is 0 Å². The topological polar surface area (TPSA) is 77.6 Å². The van der Waals surface area contributed by atoms with Crippen LogP contribution in [0.4, 0.5) is 10.8 Å². The summed E-state index contributed by atoms with van der Waals surface area (Å²) >= 11 is 1.27. The van der Waals surface area contributed by atoms with E-state index in [0.29, 0.717) is 11.7 Å². The molecule has 0 spiro atoms. The fraction of sp³-hybridized carbons (Fsp3) is 0.421. The van der Waals surface area contributed by atoms with E-state index in [1.54, 1.807) is 11.6 Å². The Bertz CT molecular complexity index is 806. The van der Waals surface area contributed by atoms with Gasteiger partial charge in [0, 0.05) is 37.4 Å². The lowest BCUT2D eigenvalue weighted by atomic mass is 9.96. The molecular formula is C19H25N5O2S. The zero-order valence-corrected chi connectivity index (χ0v) is 16.7. The Kier molecular flexibility index (Phi) is 6.08. The third kappa shape index (κ3) is 4.64. The van der Waals surface area contributed by atoms with Crippen molar-refractivity contribution in [2.45, 2.75) is 18.9 Å². The molecule has 0 aliphatic carbocycles. The summed E-state index contributed by atoms with van der Waals surface area (Å²) in [7, 11) is 6.05. The fourth-order valence-corrected chi connectivity index (χ4v) is 3.84. The van der Waals surface area contributed by atoms with Gasteiger partial charge in [-0.05, 0) is 44.1 Å². The second kappa shape index (κ2) is 8.49. The van der Waals surface area contributed by atoms with Gasteiger partial charge >= 0.3 is 11.8 Å². The summed E-state index contributed by atoms with van der Waals surface area (Å²) in [5, 5.41) is 7.39. The molecule has 0 fully saturated rings. The lowest BCUT2D eigenvalue weighted by Crippen LogP contribution is -2.40. The van der Waals surface area contributed by atoms with E-state index in [1.807, 2.05) is 19.0 Å². The van der Waals surface area contributed by atoms with Crippen LogP contribution < -0.4 is 15.5 Å². The first-order valence-electron chi connectivity index (χ1n) is 8.94. The summed E-state index contributed by atoms with van der Waals surface area (Å²) in [6.07, 6.45) is 3.79. The molecule has 1 aliphatic heterocycles. The van der Waals surface area contributed by atoms with Crippen LogP contribution in [0, 0.1) is 0 Å². The number of aryl methyl sites for hydroxylation is 1. The highest BCUT2D eigenvalue weighted by molar-refractivity contribution is 7.13. The van der Waals surface area contributed by atoms with E-state index in [2.05, 4.69) is 45.8 Å². The minimum atomic E-state index is -0.700. The van der Waals surface area contributed by atoms with E-state index >= 15 is 0 Å². The van der Waals surface area contributed by atoms with Gasteiger partial charge in [-0.25, -0.2) is 4.98 Å². The number of amides is 2. The SMILES string of the molecule is CN1CCCc2cc([C@H](CNC(=O)C(=O)Nc3nccs3)N(C)C)ccc21. The number of likely N-dealkylation sites (N-methyl/N-ethyl adjacent to an activating group) is 1. The Morgan fingerprint density at radius 3 is 2.85 bits per heavy atom. The number of benzene rings is 1. The van der Waals surface area contributed by atoms with Crippen LogP contribution in [0.1, 0.15) is 23.6 Å². The lowest BCUT2D eigenvalue weighted by molar-refractivity contribution is -0.136. The van der Waals surface area contributed by atoms with Crippen molar-refractivity contribution in [3.8, 4) is 0 Å². The van der Waals surface area contributed by atoms with Crippen molar-refractivity contribution in [1.29, 1.82) is 0 Å². The van der Waals surface area contributed by atoms with Crippen LogP contribution >= 0.6 is 11.3 Å². The quantitative estimate of drug-likeness (QED) is 0.766. The number of carbonyl (C=O) groups is 2. The predicted molar refractivity (Wildman–Crippen MR) is 108 cm³/mol. The van der Waals surface area contributed by atoms with E-state index in [9.17, 15) is 9.59 Å². The summed E-state index contributed by atoms with van der Waals surface area (Å²) in [4.78, 5) is 32.4. The highest BCUT2D eigenvalue weighted by atomic mass is 32.1. The van der Waals surface area contributed by atoms with E-state index in [-0.39, 0.29) is 6.04 Å². The van der Waals surface area contributed by atoms with Crippen LogP contribution in [0.25, 0.3) is 0 Å².